The van der Waals surface area contributed by atoms with Gasteiger partial charge in [-0.05, 0) is 38.2 Å². The van der Waals surface area contributed by atoms with E-state index in [1.807, 2.05) is 0 Å². The van der Waals surface area contributed by atoms with Crippen LogP contribution in [0.4, 0.5) is 0 Å². The minimum atomic E-state index is 1.03. The molecule has 0 saturated carbocycles. The molecule has 0 spiro atoms. The lowest BCUT2D eigenvalue weighted by Crippen LogP contribution is -1.83. The maximum absolute atomic E-state index is 4.28. The third kappa shape index (κ3) is 2.63. The molecule has 0 saturated heterocycles. The second-order valence-corrected chi connectivity index (χ2v) is 5.95. The van der Waals surface area contributed by atoms with E-state index in [1.54, 1.807) is 0 Å². The zero-order chi connectivity index (χ0) is 16.4. The lowest BCUT2D eigenvalue weighted by atomic mass is 9.98. The van der Waals surface area contributed by atoms with Crippen LogP contribution in [0.15, 0.2) is 97.6 Å². The monoisotopic (exact) mass is 306 g/mol. The minimum Gasteiger partial charge on any atom is -0.0911 e. The fraction of sp³-hybridized carbons (Fsp3) is 0. The zero-order valence-electron chi connectivity index (χ0n) is 13.4. The molecule has 0 bridgehead atoms. The molecule has 4 aromatic rings. The predicted molar refractivity (Wildman–Crippen MR) is 106 cm³/mol. The second kappa shape index (κ2) is 6.17. The molecule has 0 atom stereocenters. The van der Waals surface area contributed by atoms with Crippen molar-refractivity contribution in [3.05, 3.63) is 109 Å². The number of hydrogen-bond donors (Lipinski definition) is 0. The molecular weight excluding hydrogens is 288 g/mol. The molecule has 0 aliphatic heterocycles. The average molecular weight is 306 g/mol. The van der Waals surface area contributed by atoms with E-state index in [0.29, 0.717) is 0 Å². The molecule has 24 heavy (non-hydrogen) atoms. The molecule has 0 N–H and O–H groups in total. The van der Waals surface area contributed by atoms with Crippen molar-refractivity contribution in [3.8, 4) is 0 Å². The van der Waals surface area contributed by atoms with Crippen molar-refractivity contribution < 1.29 is 0 Å². The highest BCUT2D eigenvalue weighted by atomic mass is 14.1. The van der Waals surface area contributed by atoms with Gasteiger partial charge in [-0.1, -0.05) is 104 Å². The Balaban J connectivity index is 1.74. The summed E-state index contributed by atoms with van der Waals surface area (Å²) in [5.74, 6) is 0. The fourth-order valence-corrected chi connectivity index (χ4v) is 3.18. The Bertz CT molecular complexity index is 1060. The van der Waals surface area contributed by atoms with Gasteiger partial charge in [-0.25, -0.2) is 0 Å². The molecule has 0 aliphatic carbocycles. The molecule has 0 heteroatoms. The Morgan fingerprint density at radius 2 is 1.21 bits per heavy atom. The molecule has 0 radical (unpaired) electrons. The van der Waals surface area contributed by atoms with Crippen molar-refractivity contribution in [2.24, 2.45) is 0 Å². The summed E-state index contributed by atoms with van der Waals surface area (Å²) in [5, 5.41) is 5.01. The van der Waals surface area contributed by atoms with Crippen LogP contribution in [0, 0.1) is 0 Å². The number of allylic oxidation sites excluding steroid dienone is 2. The Morgan fingerprint density at radius 3 is 2.00 bits per heavy atom. The Kier molecular flexibility index (Phi) is 3.72. The van der Waals surface area contributed by atoms with Gasteiger partial charge in [0.1, 0.15) is 0 Å². The van der Waals surface area contributed by atoms with Gasteiger partial charge >= 0.3 is 0 Å². The molecule has 0 aliphatic rings. The summed E-state index contributed by atoms with van der Waals surface area (Å²) in [5.41, 5.74) is 3.43. The molecule has 4 aromatic carbocycles. The Hall–Kier alpha value is -3.12. The molecule has 114 valence electrons. The van der Waals surface area contributed by atoms with Crippen LogP contribution in [-0.2, 0) is 0 Å². The van der Waals surface area contributed by atoms with Gasteiger partial charge in [-0.2, -0.15) is 0 Å². The fourth-order valence-electron chi connectivity index (χ4n) is 3.18. The molecule has 4 rings (SSSR count). The maximum atomic E-state index is 4.28. The number of rotatable bonds is 3. The summed E-state index contributed by atoms with van der Waals surface area (Å²) in [6.45, 7) is 4.28. The maximum Gasteiger partial charge on any atom is -0.0106 e. The number of hydrogen-bond acceptors (Lipinski definition) is 0. The van der Waals surface area contributed by atoms with Crippen LogP contribution < -0.4 is 0 Å². The number of benzene rings is 4. The van der Waals surface area contributed by atoms with Gasteiger partial charge in [0.15, 0.2) is 0 Å². The van der Waals surface area contributed by atoms with Crippen molar-refractivity contribution in [1.82, 2.24) is 0 Å². The van der Waals surface area contributed by atoms with Crippen molar-refractivity contribution >= 4 is 33.2 Å². The van der Waals surface area contributed by atoms with Gasteiger partial charge in [-0.15, -0.1) is 0 Å². The van der Waals surface area contributed by atoms with Crippen LogP contribution in [0.2, 0.25) is 0 Å². The summed E-state index contributed by atoms with van der Waals surface area (Å²) in [4.78, 5) is 0. The van der Waals surface area contributed by atoms with E-state index in [1.165, 1.54) is 32.7 Å². The summed E-state index contributed by atoms with van der Waals surface area (Å²) in [7, 11) is 0. The van der Waals surface area contributed by atoms with Crippen molar-refractivity contribution in [2.45, 2.75) is 0 Å². The first-order chi connectivity index (χ1) is 11.8. The van der Waals surface area contributed by atoms with Crippen molar-refractivity contribution in [2.75, 3.05) is 0 Å². The topological polar surface area (TPSA) is 0 Å². The summed E-state index contributed by atoms with van der Waals surface area (Å²) in [6.07, 6.45) is 4.27. The first-order valence-electron chi connectivity index (χ1n) is 8.16. The van der Waals surface area contributed by atoms with Crippen LogP contribution in [-0.4, -0.2) is 0 Å². The van der Waals surface area contributed by atoms with Gasteiger partial charge in [0.05, 0.1) is 0 Å². The van der Waals surface area contributed by atoms with Gasteiger partial charge < -0.3 is 0 Å². The molecule has 0 aromatic heterocycles. The quantitative estimate of drug-likeness (QED) is 0.368. The zero-order valence-corrected chi connectivity index (χ0v) is 13.4. The van der Waals surface area contributed by atoms with Crippen LogP contribution in [0.5, 0.6) is 0 Å². The summed E-state index contributed by atoms with van der Waals surface area (Å²) < 4.78 is 0. The molecule has 0 fully saturated rings. The van der Waals surface area contributed by atoms with E-state index < -0.39 is 0 Å². The van der Waals surface area contributed by atoms with Crippen LogP contribution in [0.25, 0.3) is 33.2 Å². The van der Waals surface area contributed by atoms with Crippen LogP contribution in [0.3, 0.4) is 0 Å². The molecular formula is C24H18. The Labute approximate surface area is 142 Å². The summed E-state index contributed by atoms with van der Waals surface area (Å²) in [6, 6.07) is 29.7. The van der Waals surface area contributed by atoms with Crippen molar-refractivity contribution in [1.29, 1.82) is 0 Å². The third-order valence-electron chi connectivity index (χ3n) is 4.42. The molecule has 0 nitrogen and oxygen atoms in total. The van der Waals surface area contributed by atoms with Gasteiger partial charge in [-0.3, -0.25) is 0 Å². The SMILES string of the molecule is C=C(/C=C/c1cccc2ccccc12)c1cccc2ccccc12. The van der Waals surface area contributed by atoms with Crippen LogP contribution >= 0.6 is 0 Å². The highest BCUT2D eigenvalue weighted by Crippen LogP contribution is 2.26. The van der Waals surface area contributed by atoms with E-state index in [2.05, 4.69) is 104 Å². The second-order valence-electron chi connectivity index (χ2n) is 5.95. The Morgan fingerprint density at radius 1 is 0.625 bits per heavy atom. The first-order valence-corrected chi connectivity index (χ1v) is 8.16. The highest BCUT2D eigenvalue weighted by molar-refractivity contribution is 5.98. The normalized spacial score (nSPS) is 11.3. The van der Waals surface area contributed by atoms with Gasteiger partial charge in [0, 0.05) is 0 Å². The third-order valence-corrected chi connectivity index (χ3v) is 4.42. The van der Waals surface area contributed by atoms with E-state index in [4.69, 9.17) is 0 Å². The van der Waals surface area contributed by atoms with Crippen LogP contribution in [0.1, 0.15) is 11.1 Å². The smallest absolute Gasteiger partial charge is 0.0106 e. The average Bonchev–Trinajstić information content (AvgIpc) is 2.65. The molecule has 0 unspecified atom stereocenters. The van der Waals surface area contributed by atoms with E-state index in [0.717, 1.165) is 5.57 Å². The minimum absolute atomic E-state index is 1.03. The molecule has 0 heterocycles. The standard InChI is InChI=1S/C24H18/c1-18(22-15-7-12-20-9-3-5-14-24(20)22)16-17-21-11-6-10-19-8-2-4-13-23(19)21/h2-17H,1H2/b17-16+. The summed E-state index contributed by atoms with van der Waals surface area (Å²) >= 11 is 0. The van der Waals surface area contributed by atoms with E-state index in [9.17, 15) is 0 Å². The lowest BCUT2D eigenvalue weighted by Gasteiger charge is -2.07. The van der Waals surface area contributed by atoms with Gasteiger partial charge in [0.25, 0.3) is 0 Å². The van der Waals surface area contributed by atoms with Gasteiger partial charge in [0.2, 0.25) is 0 Å². The molecule has 0 amide bonds. The first kappa shape index (κ1) is 14.5. The lowest BCUT2D eigenvalue weighted by molar-refractivity contribution is 1.68. The number of fused-ring (bicyclic) bond motifs is 2. The highest BCUT2D eigenvalue weighted by Gasteiger charge is 2.02. The van der Waals surface area contributed by atoms with E-state index >= 15 is 0 Å². The predicted octanol–water partition coefficient (Wildman–Crippen LogP) is 6.72. The largest absolute Gasteiger partial charge is 0.0911 e. The van der Waals surface area contributed by atoms with Crippen molar-refractivity contribution in [3.63, 3.8) is 0 Å². The van der Waals surface area contributed by atoms with E-state index in [-0.39, 0.29) is 0 Å².